The third-order valence-corrected chi connectivity index (χ3v) is 3.39. The van der Waals surface area contributed by atoms with Crippen molar-refractivity contribution in [2.24, 2.45) is 0 Å². The van der Waals surface area contributed by atoms with E-state index in [1.165, 1.54) is 42.3 Å². The summed E-state index contributed by atoms with van der Waals surface area (Å²) in [6.07, 6.45) is 9.18. The van der Waals surface area contributed by atoms with Gasteiger partial charge in [0.15, 0.2) is 0 Å². The minimum absolute atomic E-state index is 0.649. The lowest BCUT2D eigenvalue weighted by atomic mass is 10.2. The maximum Gasteiger partial charge on any atom is 0.0869 e. The highest BCUT2D eigenvalue weighted by atomic mass is 15.3. The molecule has 0 spiro atoms. The highest BCUT2D eigenvalue weighted by Gasteiger charge is 2.28. The van der Waals surface area contributed by atoms with Crippen LogP contribution in [0.1, 0.15) is 43.3 Å². The van der Waals surface area contributed by atoms with Crippen LogP contribution in [-0.2, 0) is 0 Å². The largest absolute Gasteiger partial charge is 0.260 e. The van der Waals surface area contributed by atoms with E-state index in [-0.39, 0.29) is 0 Å². The van der Waals surface area contributed by atoms with E-state index in [2.05, 4.69) is 20.8 Å². The topological polar surface area (TPSA) is 30.7 Å². The predicted octanol–water partition coefficient (Wildman–Crippen LogP) is 2.64. The molecular formula is C12H13N3. The van der Waals surface area contributed by atoms with Gasteiger partial charge >= 0.3 is 0 Å². The average molecular weight is 199 g/mol. The summed E-state index contributed by atoms with van der Waals surface area (Å²) < 4.78 is 2.14. The van der Waals surface area contributed by atoms with Crippen LogP contribution >= 0.6 is 0 Å². The third kappa shape index (κ3) is 1.19. The zero-order valence-electron chi connectivity index (χ0n) is 8.56. The van der Waals surface area contributed by atoms with Crippen LogP contribution < -0.4 is 0 Å². The number of hydrogen-bond donors (Lipinski definition) is 0. The van der Waals surface area contributed by atoms with Gasteiger partial charge in [-0.25, -0.2) is 0 Å². The van der Waals surface area contributed by atoms with Crippen molar-refractivity contribution in [3.05, 3.63) is 24.2 Å². The molecule has 3 nitrogen and oxygen atoms in total. The van der Waals surface area contributed by atoms with E-state index in [1.807, 2.05) is 12.4 Å². The minimum atomic E-state index is 0.649. The Morgan fingerprint density at radius 3 is 2.73 bits per heavy atom. The Morgan fingerprint density at radius 1 is 1.13 bits per heavy atom. The predicted molar refractivity (Wildman–Crippen MR) is 57.8 cm³/mol. The zero-order chi connectivity index (χ0) is 9.83. The van der Waals surface area contributed by atoms with E-state index in [0.717, 1.165) is 5.92 Å². The van der Waals surface area contributed by atoms with Crippen LogP contribution in [0.25, 0.3) is 10.9 Å². The van der Waals surface area contributed by atoms with Gasteiger partial charge in [-0.3, -0.25) is 9.67 Å². The molecule has 2 aromatic heterocycles. The molecule has 15 heavy (non-hydrogen) atoms. The van der Waals surface area contributed by atoms with Crippen molar-refractivity contribution in [3.63, 3.8) is 0 Å². The first-order valence-corrected chi connectivity index (χ1v) is 5.75. The van der Waals surface area contributed by atoms with Crippen molar-refractivity contribution >= 4 is 10.9 Å². The highest BCUT2D eigenvalue weighted by Crippen LogP contribution is 2.40. The molecule has 3 heteroatoms. The molecule has 2 aromatic rings. The third-order valence-electron chi connectivity index (χ3n) is 3.39. The van der Waals surface area contributed by atoms with Crippen LogP contribution in [0.15, 0.2) is 18.5 Å². The summed E-state index contributed by atoms with van der Waals surface area (Å²) in [7, 11) is 0. The van der Waals surface area contributed by atoms with Gasteiger partial charge < -0.3 is 0 Å². The Balaban J connectivity index is 1.87. The summed E-state index contributed by atoms with van der Waals surface area (Å²) >= 11 is 0. The lowest BCUT2D eigenvalue weighted by molar-refractivity contribution is 0.664. The second-order valence-corrected chi connectivity index (χ2v) is 4.76. The van der Waals surface area contributed by atoms with Crippen molar-refractivity contribution in [3.8, 4) is 0 Å². The molecular weight excluding hydrogens is 186 g/mol. The first-order valence-electron chi connectivity index (χ1n) is 5.75. The maximum absolute atomic E-state index is 4.55. The van der Waals surface area contributed by atoms with Gasteiger partial charge in [-0.15, -0.1) is 0 Å². The van der Waals surface area contributed by atoms with Crippen LogP contribution in [0.4, 0.5) is 0 Å². The second-order valence-electron chi connectivity index (χ2n) is 4.76. The number of nitrogens with zero attached hydrogens (tertiary/aromatic N) is 3. The monoisotopic (exact) mass is 199 g/mol. The second kappa shape index (κ2) is 2.60. The van der Waals surface area contributed by atoms with Crippen molar-refractivity contribution < 1.29 is 0 Å². The van der Waals surface area contributed by atoms with Gasteiger partial charge in [0.1, 0.15) is 0 Å². The molecule has 0 unspecified atom stereocenters. The quantitative estimate of drug-likeness (QED) is 0.744. The van der Waals surface area contributed by atoms with Gasteiger partial charge in [0.05, 0.1) is 24.0 Å². The van der Waals surface area contributed by atoms with Crippen molar-refractivity contribution in [2.45, 2.75) is 37.6 Å². The first-order chi connectivity index (χ1) is 7.42. The van der Waals surface area contributed by atoms with E-state index >= 15 is 0 Å². The van der Waals surface area contributed by atoms with Crippen molar-refractivity contribution in [1.29, 1.82) is 0 Å². The zero-order valence-corrected chi connectivity index (χ0v) is 8.56. The summed E-state index contributed by atoms with van der Waals surface area (Å²) in [5, 5.41) is 5.72. The number of pyridine rings is 1. The van der Waals surface area contributed by atoms with Gasteiger partial charge in [-0.05, 0) is 31.7 Å². The fraction of sp³-hybridized carbons (Fsp3) is 0.500. The molecule has 0 amide bonds. The maximum atomic E-state index is 4.55. The summed E-state index contributed by atoms with van der Waals surface area (Å²) in [5.74, 6) is 0.735. The normalized spacial score (nSPS) is 21.1. The van der Waals surface area contributed by atoms with Crippen LogP contribution in [0, 0.1) is 0 Å². The van der Waals surface area contributed by atoms with E-state index in [4.69, 9.17) is 0 Å². The molecule has 2 heterocycles. The standard InChI is InChI=1S/C12H13N3/c1-2-8(1)11-5-9-6-14-15(10-3-4-10)12(9)7-13-11/h5-8,10H,1-4H2. The minimum Gasteiger partial charge on any atom is -0.260 e. The number of hydrogen-bond acceptors (Lipinski definition) is 2. The van der Waals surface area contributed by atoms with E-state index in [0.29, 0.717) is 6.04 Å². The van der Waals surface area contributed by atoms with Crippen LogP contribution in [0.2, 0.25) is 0 Å². The highest BCUT2D eigenvalue weighted by molar-refractivity contribution is 5.78. The first kappa shape index (κ1) is 7.85. The van der Waals surface area contributed by atoms with E-state index in [1.54, 1.807) is 0 Å². The number of fused-ring (bicyclic) bond motifs is 1. The Labute approximate surface area is 88.1 Å². The van der Waals surface area contributed by atoms with Crippen molar-refractivity contribution in [1.82, 2.24) is 14.8 Å². The van der Waals surface area contributed by atoms with Crippen LogP contribution in [-0.4, -0.2) is 14.8 Å². The van der Waals surface area contributed by atoms with Gasteiger partial charge in [0, 0.05) is 17.0 Å². The Hall–Kier alpha value is -1.38. The summed E-state index contributed by atoms with van der Waals surface area (Å²) in [6.45, 7) is 0. The Bertz CT molecular complexity index is 521. The van der Waals surface area contributed by atoms with Crippen LogP contribution in [0.5, 0.6) is 0 Å². The smallest absolute Gasteiger partial charge is 0.0869 e. The molecule has 4 rings (SSSR count). The molecule has 2 fully saturated rings. The van der Waals surface area contributed by atoms with Crippen LogP contribution in [0.3, 0.4) is 0 Å². The van der Waals surface area contributed by atoms with Gasteiger partial charge in [0.2, 0.25) is 0 Å². The summed E-state index contributed by atoms with van der Waals surface area (Å²) in [6, 6.07) is 2.87. The van der Waals surface area contributed by atoms with Gasteiger partial charge in [-0.1, -0.05) is 0 Å². The molecule has 0 atom stereocenters. The molecule has 76 valence electrons. The van der Waals surface area contributed by atoms with Crippen molar-refractivity contribution in [2.75, 3.05) is 0 Å². The number of aromatic nitrogens is 3. The summed E-state index contributed by atoms with van der Waals surface area (Å²) in [5.41, 5.74) is 2.47. The summed E-state index contributed by atoms with van der Waals surface area (Å²) in [4.78, 5) is 4.55. The lowest BCUT2D eigenvalue weighted by Crippen LogP contribution is -1.96. The Kier molecular flexibility index (Phi) is 1.36. The SMILES string of the molecule is c1nn(C2CC2)c2cnc(C3CC3)cc12. The molecule has 0 aromatic carbocycles. The molecule has 0 bridgehead atoms. The molecule has 0 aliphatic heterocycles. The van der Waals surface area contributed by atoms with Gasteiger partial charge in [-0.2, -0.15) is 5.10 Å². The fourth-order valence-corrected chi connectivity index (χ4v) is 2.17. The molecule has 2 aliphatic rings. The van der Waals surface area contributed by atoms with E-state index in [9.17, 15) is 0 Å². The fourth-order valence-electron chi connectivity index (χ4n) is 2.17. The van der Waals surface area contributed by atoms with E-state index < -0.39 is 0 Å². The lowest BCUT2D eigenvalue weighted by Gasteiger charge is -2.00. The molecule has 0 saturated heterocycles. The Morgan fingerprint density at radius 2 is 2.00 bits per heavy atom. The molecule has 0 N–H and O–H groups in total. The molecule has 0 radical (unpaired) electrons. The molecule has 2 saturated carbocycles. The van der Waals surface area contributed by atoms with Gasteiger partial charge in [0.25, 0.3) is 0 Å². The average Bonchev–Trinajstić information content (AvgIpc) is 3.14. The molecule has 2 aliphatic carbocycles. The number of rotatable bonds is 2.